The molecule has 3 unspecified atom stereocenters. The van der Waals surface area contributed by atoms with Gasteiger partial charge in [-0.1, -0.05) is 453 Å². The molecule has 0 aromatic heterocycles. The molecule has 0 N–H and O–H groups in total. The topological polar surface area (TPSA) is 6.48 Å². The number of hydrogen-bond acceptors (Lipinski definition) is 2. The SMILES string of the molecule is C=Cc1ccc(CC2(c3ccc(C(C)(C)C)cc3)c3ccccc3-c3ccc(N(c4ccc(-c5ccccc5)cc4)c4ccc(-c5ccc6c(c5)C(c5ccc(CCCCCC)cc5)(c5ccc(CCCCCC)cc5)c5cc(-c7ccc(N(c8ccc(-c9ccccc9)cc8)c8ccc9c(c8)C(Cc8ccc(C=C)cc8)(C8C=CC(C(C)(C)C)=CC8)c8ccccc8-9)cc7)ccc5-6)cc4)cc32)cc1. The lowest BCUT2D eigenvalue weighted by molar-refractivity contribution is 0.379. The highest BCUT2D eigenvalue weighted by atomic mass is 15.1. The zero-order valence-electron chi connectivity index (χ0n) is 82.1. The van der Waals surface area contributed by atoms with Crippen molar-refractivity contribution in [3.8, 4) is 77.9 Å². The van der Waals surface area contributed by atoms with Crippen LogP contribution in [-0.4, -0.2) is 0 Å². The molecule has 3 atom stereocenters. The van der Waals surface area contributed by atoms with Gasteiger partial charge >= 0.3 is 0 Å². The fourth-order valence-electron chi connectivity index (χ4n) is 23.5. The van der Waals surface area contributed by atoms with Crippen molar-refractivity contribution < 1.29 is 0 Å². The van der Waals surface area contributed by atoms with Crippen LogP contribution in [0.5, 0.6) is 0 Å². The Morgan fingerprint density at radius 3 is 1.09 bits per heavy atom. The Kier molecular flexibility index (Phi) is 25.0. The number of unbranched alkanes of at least 4 members (excludes halogenated alkanes) is 6. The first-order valence-corrected chi connectivity index (χ1v) is 50.9. The van der Waals surface area contributed by atoms with Gasteiger partial charge in [0.2, 0.25) is 0 Å². The largest absolute Gasteiger partial charge is 0.310 e. The summed E-state index contributed by atoms with van der Waals surface area (Å²) in [5.41, 5.74) is 44.1. The molecule has 0 saturated carbocycles. The molecule has 4 aliphatic carbocycles. The Morgan fingerprint density at radius 2 is 0.655 bits per heavy atom. The van der Waals surface area contributed by atoms with Gasteiger partial charge in [0.05, 0.1) is 10.8 Å². The summed E-state index contributed by atoms with van der Waals surface area (Å²) >= 11 is 0. The normalized spacial score (nSPS) is 15.8. The smallest absolute Gasteiger partial charge is 0.0714 e. The van der Waals surface area contributed by atoms with Gasteiger partial charge in [0.1, 0.15) is 0 Å². The monoisotopic (exact) mass is 1800 g/mol. The molecule has 139 heavy (non-hydrogen) atoms. The van der Waals surface area contributed by atoms with E-state index < -0.39 is 10.8 Å². The summed E-state index contributed by atoms with van der Waals surface area (Å²) in [4.78, 5) is 5.00. The molecule has 0 spiro atoms. The number of aryl methyl sites for hydroxylation is 2. The van der Waals surface area contributed by atoms with Crippen LogP contribution in [0.1, 0.15) is 202 Å². The quantitative estimate of drug-likeness (QED) is 0.0414. The maximum Gasteiger partial charge on any atom is 0.0714 e. The zero-order chi connectivity index (χ0) is 95.0. The lowest BCUT2D eigenvalue weighted by Crippen LogP contribution is -2.37. The minimum absolute atomic E-state index is 0.0126. The summed E-state index contributed by atoms with van der Waals surface area (Å²) in [6, 6.07) is 155. The minimum Gasteiger partial charge on any atom is -0.310 e. The predicted octanol–water partition coefficient (Wildman–Crippen LogP) is 37.1. The molecule has 0 heterocycles. The predicted molar refractivity (Wildman–Crippen MR) is 592 cm³/mol. The van der Waals surface area contributed by atoms with Crippen molar-refractivity contribution in [1.82, 2.24) is 0 Å². The van der Waals surface area contributed by atoms with Crippen LogP contribution in [-0.2, 0) is 47.3 Å². The van der Waals surface area contributed by atoms with E-state index in [1.807, 2.05) is 12.2 Å². The van der Waals surface area contributed by atoms with Crippen molar-refractivity contribution in [2.45, 2.75) is 161 Å². The number of hydrogen-bond donors (Lipinski definition) is 0. The van der Waals surface area contributed by atoms with Gasteiger partial charge in [-0.15, -0.1) is 0 Å². The molecule has 4 aliphatic rings. The molecule has 2 nitrogen and oxygen atoms in total. The molecule has 21 rings (SSSR count). The van der Waals surface area contributed by atoms with Crippen LogP contribution in [0.25, 0.3) is 90.0 Å². The maximum absolute atomic E-state index is 4.16. The standard InChI is InChI=1S/C137H126N2/c1-11-15-17-21-31-97-49-63-113(64-50-97)137(114-65-51-98(52-66-114)32-22-18-16-12-2)131-89-107(105-57-79-117(80-58-105)138(115-75-53-103(54-76-115)101-33-23-19-24-34-101)119-83-87-123-121-37-27-29-39-127(121)135(129(123)91-119,93-99-45-41-95(13-3)42-46-99)111-71-67-109(68-72-111)133(5,6)7)61-85-125(131)126-86-62-108(90-132(126)137)106-59-81-118(82-60-106)139(116-77-55-104(56-78-116)102-35-25-20-26-36-102)120-84-88-124-122-38-28-30-40-128(122)136(130(124)92-120,94-100-47-43-96(14-4)44-48-100)112-73-69-110(70-74-112)134(8,9)10/h13-14,19-20,23-30,33-73,75-92,112H,3-4,11-12,15-18,21-22,31-32,74,93-94H2,1-2,5-10H3. The van der Waals surface area contributed by atoms with Crippen LogP contribution in [0.4, 0.5) is 34.1 Å². The highest BCUT2D eigenvalue weighted by Gasteiger charge is 2.51. The minimum atomic E-state index is -0.717. The summed E-state index contributed by atoms with van der Waals surface area (Å²) in [5.74, 6) is 0.188. The highest BCUT2D eigenvalue weighted by molar-refractivity contribution is 5.94. The zero-order valence-corrected chi connectivity index (χ0v) is 82.1. The van der Waals surface area contributed by atoms with Crippen LogP contribution in [0.3, 0.4) is 0 Å². The van der Waals surface area contributed by atoms with E-state index in [2.05, 4.69) is 497 Å². The summed E-state index contributed by atoms with van der Waals surface area (Å²) in [7, 11) is 0. The molecule has 0 amide bonds. The number of fused-ring (bicyclic) bond motifs is 9. The summed E-state index contributed by atoms with van der Waals surface area (Å²) < 4.78 is 0. The molecular formula is C137H126N2. The second kappa shape index (κ2) is 38.3. The molecule has 684 valence electrons. The van der Waals surface area contributed by atoms with Crippen LogP contribution < -0.4 is 9.80 Å². The Hall–Kier alpha value is -14.7. The molecule has 0 radical (unpaired) electrons. The fourth-order valence-corrected chi connectivity index (χ4v) is 23.5. The molecule has 2 heteroatoms. The van der Waals surface area contributed by atoms with Gasteiger partial charge in [-0.25, -0.2) is 0 Å². The molecule has 17 aromatic rings. The number of anilines is 6. The average Bonchev–Trinajstić information content (AvgIpc) is 1.53. The van der Waals surface area contributed by atoms with Crippen molar-refractivity contribution in [3.63, 3.8) is 0 Å². The van der Waals surface area contributed by atoms with E-state index in [0.717, 1.165) is 88.5 Å². The molecule has 0 aliphatic heterocycles. The van der Waals surface area contributed by atoms with Crippen LogP contribution in [0.15, 0.2) is 437 Å². The maximum atomic E-state index is 4.16. The van der Waals surface area contributed by atoms with E-state index in [0.29, 0.717) is 0 Å². The lowest BCUT2D eigenvalue weighted by atomic mass is 9.62. The van der Waals surface area contributed by atoms with E-state index >= 15 is 0 Å². The third kappa shape index (κ3) is 17.1. The van der Waals surface area contributed by atoms with Crippen molar-refractivity contribution in [2.75, 3.05) is 9.80 Å². The summed E-state index contributed by atoms with van der Waals surface area (Å²) in [6.45, 7) is 26.9. The third-order valence-corrected chi connectivity index (χ3v) is 31.0. The average molecular weight is 1800 g/mol. The van der Waals surface area contributed by atoms with Crippen molar-refractivity contribution in [1.29, 1.82) is 0 Å². The summed E-state index contributed by atoms with van der Waals surface area (Å²) in [6.07, 6.45) is 25.9. The Balaban J connectivity index is 0.696. The van der Waals surface area contributed by atoms with Gasteiger partial charge in [0.15, 0.2) is 0 Å². The van der Waals surface area contributed by atoms with Gasteiger partial charge < -0.3 is 9.80 Å². The van der Waals surface area contributed by atoms with Crippen molar-refractivity contribution >= 4 is 46.3 Å². The van der Waals surface area contributed by atoms with E-state index in [1.165, 1.54) is 202 Å². The lowest BCUT2D eigenvalue weighted by Gasteiger charge is -2.41. The van der Waals surface area contributed by atoms with E-state index in [4.69, 9.17) is 0 Å². The molecule has 0 bridgehead atoms. The number of benzene rings is 17. The summed E-state index contributed by atoms with van der Waals surface area (Å²) in [5, 5.41) is 0. The molecule has 0 saturated heterocycles. The van der Waals surface area contributed by atoms with Gasteiger partial charge in [-0.05, 0) is 319 Å². The first kappa shape index (κ1) is 90.8. The van der Waals surface area contributed by atoms with E-state index in [1.54, 1.807) is 0 Å². The number of nitrogens with zero attached hydrogens (tertiary/aromatic N) is 2. The van der Waals surface area contributed by atoms with Crippen LogP contribution in [0, 0.1) is 11.3 Å². The van der Waals surface area contributed by atoms with Crippen molar-refractivity contribution in [2.24, 2.45) is 11.3 Å². The van der Waals surface area contributed by atoms with Gasteiger partial charge in [0.25, 0.3) is 0 Å². The first-order valence-electron chi connectivity index (χ1n) is 50.9. The van der Waals surface area contributed by atoms with Crippen LogP contribution in [0.2, 0.25) is 0 Å². The Morgan fingerprint density at radius 1 is 0.295 bits per heavy atom. The molecule has 17 aromatic carbocycles. The van der Waals surface area contributed by atoms with Gasteiger partial charge in [0, 0.05) is 39.5 Å². The van der Waals surface area contributed by atoms with Gasteiger partial charge in [-0.3, -0.25) is 0 Å². The molecule has 0 fully saturated rings. The van der Waals surface area contributed by atoms with Gasteiger partial charge in [-0.2, -0.15) is 0 Å². The van der Waals surface area contributed by atoms with E-state index in [-0.39, 0.29) is 22.2 Å². The fraction of sp³-hybridized carbons (Fsp3) is 0.197. The number of rotatable bonds is 30. The second-order valence-electron chi connectivity index (χ2n) is 41.5. The Labute approximate surface area is 826 Å². The second-order valence-corrected chi connectivity index (χ2v) is 41.5. The first-order chi connectivity index (χ1) is 67.9. The Bertz CT molecular complexity index is 7330. The van der Waals surface area contributed by atoms with E-state index in [9.17, 15) is 0 Å². The third-order valence-electron chi connectivity index (χ3n) is 31.0. The number of allylic oxidation sites excluding steroid dienone is 4. The van der Waals surface area contributed by atoms with Crippen molar-refractivity contribution in [3.05, 3.63) is 526 Å². The highest BCUT2D eigenvalue weighted by Crippen LogP contribution is 2.62. The molecular weight excluding hydrogens is 1670 g/mol. The van der Waals surface area contributed by atoms with Crippen LogP contribution >= 0.6 is 0 Å².